The van der Waals surface area contributed by atoms with Gasteiger partial charge in [-0.2, -0.15) is 5.10 Å². The Morgan fingerprint density at radius 2 is 2.43 bits per heavy atom. The van der Waals surface area contributed by atoms with Crippen molar-refractivity contribution < 1.29 is 4.79 Å². The average Bonchev–Trinajstić information content (AvgIpc) is 2.96. The lowest BCUT2D eigenvalue weighted by atomic mass is 9.61. The largest absolute Gasteiger partial charge is 0.346 e. The lowest BCUT2D eigenvalue weighted by Gasteiger charge is -2.58. The minimum Gasteiger partial charge on any atom is -0.346 e. The molecule has 1 amide bonds. The number of allylic oxidation sites excluding steroid dienone is 2. The maximum Gasteiger partial charge on any atom is 0.272 e. The van der Waals surface area contributed by atoms with Gasteiger partial charge in [-0.15, -0.1) is 0 Å². The molecule has 122 valence electrons. The van der Waals surface area contributed by atoms with E-state index >= 15 is 0 Å². The molecule has 1 spiro atoms. The van der Waals surface area contributed by atoms with Crippen molar-refractivity contribution in [1.29, 1.82) is 0 Å². The van der Waals surface area contributed by atoms with Crippen LogP contribution >= 0.6 is 0 Å². The third kappa shape index (κ3) is 2.10. The van der Waals surface area contributed by atoms with Gasteiger partial charge in [-0.05, 0) is 32.1 Å². The Morgan fingerprint density at radius 1 is 1.57 bits per heavy atom. The van der Waals surface area contributed by atoms with Gasteiger partial charge in [-0.3, -0.25) is 14.4 Å². The van der Waals surface area contributed by atoms with E-state index in [1.165, 1.54) is 25.8 Å². The van der Waals surface area contributed by atoms with E-state index in [0.29, 0.717) is 17.2 Å². The van der Waals surface area contributed by atoms with Crippen LogP contribution in [-0.2, 0) is 6.54 Å². The molecule has 3 heterocycles. The summed E-state index contributed by atoms with van der Waals surface area (Å²) in [6.07, 6.45) is 11.2. The Hall–Kier alpha value is -1.88. The molecule has 1 aromatic rings. The van der Waals surface area contributed by atoms with Crippen LogP contribution in [0.1, 0.15) is 42.2 Å². The number of carbonyl (C=O) groups excluding carboxylic acids is 1. The highest BCUT2D eigenvalue weighted by molar-refractivity contribution is 5.96. The summed E-state index contributed by atoms with van der Waals surface area (Å²) in [5, 5.41) is 7.70. The molecule has 5 heteroatoms. The summed E-state index contributed by atoms with van der Waals surface area (Å²) < 4.78 is 1.81. The second kappa shape index (κ2) is 5.34. The number of amides is 1. The maximum absolute atomic E-state index is 12.8. The van der Waals surface area contributed by atoms with Crippen molar-refractivity contribution in [3.05, 3.63) is 36.2 Å². The van der Waals surface area contributed by atoms with Gasteiger partial charge in [0.05, 0.1) is 0 Å². The van der Waals surface area contributed by atoms with Crippen LogP contribution in [-0.4, -0.2) is 45.3 Å². The minimum absolute atomic E-state index is 0.0459. The molecule has 3 fully saturated rings. The summed E-state index contributed by atoms with van der Waals surface area (Å²) in [5.74, 6) is 0.594. The minimum atomic E-state index is -0.0459. The van der Waals surface area contributed by atoms with Crippen LogP contribution in [0.25, 0.3) is 6.08 Å². The third-order valence-corrected chi connectivity index (χ3v) is 5.98. The molecule has 5 nitrogen and oxygen atoms in total. The van der Waals surface area contributed by atoms with Crippen molar-refractivity contribution in [2.45, 2.75) is 44.3 Å². The SMILES string of the molecule is C=C/C=C\c1cn(CC)nc1C(=O)NC1CN2CCC23CCC13. The fourth-order valence-corrected chi connectivity index (χ4v) is 4.57. The molecular weight excluding hydrogens is 288 g/mol. The van der Waals surface area contributed by atoms with Gasteiger partial charge in [-0.25, -0.2) is 0 Å². The number of carbonyl (C=O) groups is 1. The lowest BCUT2D eigenvalue weighted by Crippen LogP contribution is -2.64. The second-order valence-electron chi connectivity index (χ2n) is 6.91. The number of aromatic nitrogens is 2. The molecule has 3 aliphatic rings. The summed E-state index contributed by atoms with van der Waals surface area (Å²) in [6.45, 7) is 8.67. The molecule has 3 atom stereocenters. The Kier molecular flexibility index (Phi) is 3.41. The second-order valence-corrected chi connectivity index (χ2v) is 6.91. The van der Waals surface area contributed by atoms with Crippen LogP contribution in [0.2, 0.25) is 0 Å². The first kappa shape index (κ1) is 14.7. The van der Waals surface area contributed by atoms with E-state index in [4.69, 9.17) is 0 Å². The molecule has 1 N–H and O–H groups in total. The van der Waals surface area contributed by atoms with Gasteiger partial charge in [0.15, 0.2) is 5.69 Å². The van der Waals surface area contributed by atoms with Crippen molar-refractivity contribution in [2.75, 3.05) is 13.1 Å². The monoisotopic (exact) mass is 312 g/mol. The van der Waals surface area contributed by atoms with Crippen LogP contribution in [0.5, 0.6) is 0 Å². The van der Waals surface area contributed by atoms with Gasteiger partial charge in [0.2, 0.25) is 0 Å². The molecule has 0 aromatic carbocycles. The summed E-state index contributed by atoms with van der Waals surface area (Å²) in [4.78, 5) is 15.3. The van der Waals surface area contributed by atoms with Crippen molar-refractivity contribution in [1.82, 2.24) is 20.0 Å². The molecule has 1 aromatic heterocycles. The Balaban J connectivity index is 1.52. The van der Waals surface area contributed by atoms with E-state index in [0.717, 1.165) is 18.7 Å². The zero-order valence-corrected chi connectivity index (χ0v) is 13.7. The molecule has 1 saturated carbocycles. The number of rotatable bonds is 5. The van der Waals surface area contributed by atoms with Gasteiger partial charge >= 0.3 is 0 Å². The normalized spacial score (nSPS) is 32.0. The topological polar surface area (TPSA) is 50.2 Å². The molecule has 4 rings (SSSR count). The molecule has 2 aliphatic heterocycles. The Bertz CT molecular complexity index is 673. The quantitative estimate of drug-likeness (QED) is 0.847. The van der Waals surface area contributed by atoms with Gasteiger partial charge in [0, 0.05) is 43.0 Å². The van der Waals surface area contributed by atoms with Gasteiger partial charge < -0.3 is 5.32 Å². The molecular formula is C18H24N4O. The number of aryl methyl sites for hydroxylation is 1. The van der Waals surface area contributed by atoms with Crippen LogP contribution in [0.4, 0.5) is 0 Å². The molecule has 0 radical (unpaired) electrons. The van der Waals surface area contributed by atoms with Crippen LogP contribution < -0.4 is 5.32 Å². The zero-order chi connectivity index (χ0) is 16.0. The van der Waals surface area contributed by atoms with E-state index in [1.54, 1.807) is 6.08 Å². The predicted molar refractivity (Wildman–Crippen MR) is 90.0 cm³/mol. The average molecular weight is 312 g/mol. The summed E-state index contributed by atoms with van der Waals surface area (Å²) >= 11 is 0. The fourth-order valence-electron chi connectivity index (χ4n) is 4.57. The molecule has 0 bridgehead atoms. The van der Waals surface area contributed by atoms with E-state index in [2.05, 4.69) is 21.9 Å². The van der Waals surface area contributed by atoms with E-state index in [-0.39, 0.29) is 11.9 Å². The van der Waals surface area contributed by atoms with Crippen LogP contribution in [0.15, 0.2) is 24.9 Å². The number of nitrogens with zero attached hydrogens (tertiary/aromatic N) is 3. The first-order valence-electron chi connectivity index (χ1n) is 8.60. The summed E-state index contributed by atoms with van der Waals surface area (Å²) in [5.41, 5.74) is 1.81. The first-order chi connectivity index (χ1) is 11.2. The van der Waals surface area contributed by atoms with E-state index in [1.807, 2.05) is 30.0 Å². The lowest BCUT2D eigenvalue weighted by molar-refractivity contribution is -0.0676. The van der Waals surface area contributed by atoms with Crippen molar-refractivity contribution in [3.8, 4) is 0 Å². The van der Waals surface area contributed by atoms with Gasteiger partial charge in [0.25, 0.3) is 5.91 Å². The van der Waals surface area contributed by atoms with Crippen molar-refractivity contribution in [2.24, 2.45) is 5.92 Å². The molecule has 2 saturated heterocycles. The van der Waals surface area contributed by atoms with Crippen molar-refractivity contribution >= 4 is 12.0 Å². The molecule has 3 unspecified atom stereocenters. The highest BCUT2D eigenvalue weighted by Gasteiger charge is 2.63. The maximum atomic E-state index is 12.8. The Labute approximate surface area is 137 Å². The molecule has 1 aliphatic carbocycles. The van der Waals surface area contributed by atoms with Crippen molar-refractivity contribution in [3.63, 3.8) is 0 Å². The van der Waals surface area contributed by atoms with E-state index in [9.17, 15) is 4.79 Å². The highest BCUT2D eigenvalue weighted by atomic mass is 16.2. The number of hydrogen-bond donors (Lipinski definition) is 1. The standard InChI is InChI=1S/C18H24N4O/c1-3-5-6-13-11-22(4-2)20-16(13)17(23)19-15-12-21-10-9-18(21)8-7-14(15)18/h3,5-6,11,14-15H,1,4,7-10,12H2,2H3,(H,19,23)/b6-5-. The van der Waals surface area contributed by atoms with E-state index < -0.39 is 0 Å². The smallest absolute Gasteiger partial charge is 0.272 e. The highest BCUT2D eigenvalue weighted by Crippen LogP contribution is 2.57. The zero-order valence-electron chi connectivity index (χ0n) is 13.7. The summed E-state index contributed by atoms with van der Waals surface area (Å²) in [7, 11) is 0. The Morgan fingerprint density at radius 3 is 3.00 bits per heavy atom. The molecule has 23 heavy (non-hydrogen) atoms. The number of nitrogens with one attached hydrogen (secondary N) is 1. The predicted octanol–water partition coefficient (Wildman–Crippen LogP) is 2.07. The third-order valence-electron chi connectivity index (χ3n) is 5.98. The van der Waals surface area contributed by atoms with Gasteiger partial charge in [0.1, 0.15) is 0 Å². The first-order valence-corrected chi connectivity index (χ1v) is 8.60. The summed E-state index contributed by atoms with van der Waals surface area (Å²) in [6, 6.07) is 0.279. The fraction of sp³-hybridized carbons (Fsp3) is 0.556. The number of hydrogen-bond acceptors (Lipinski definition) is 3. The van der Waals surface area contributed by atoms with Gasteiger partial charge in [-0.1, -0.05) is 24.8 Å². The van der Waals surface area contributed by atoms with Crippen LogP contribution in [0, 0.1) is 5.92 Å². The van der Waals surface area contributed by atoms with Crippen LogP contribution in [0.3, 0.4) is 0 Å².